The van der Waals surface area contributed by atoms with Crippen molar-refractivity contribution in [1.29, 1.82) is 0 Å². The topological polar surface area (TPSA) is 54.2 Å². The zero-order valence-electron chi connectivity index (χ0n) is 10.8. The monoisotopic (exact) mass is 276 g/mol. The molecular weight excluding hydrogens is 260 g/mol. The van der Waals surface area contributed by atoms with E-state index in [9.17, 15) is 0 Å². The molecule has 0 atom stereocenters. The summed E-state index contributed by atoms with van der Waals surface area (Å²) >= 11 is 6.15. The van der Waals surface area contributed by atoms with Crippen LogP contribution in [0, 0.1) is 0 Å². The molecule has 1 aromatic carbocycles. The highest BCUT2D eigenvalue weighted by Crippen LogP contribution is 2.17. The predicted molar refractivity (Wildman–Crippen MR) is 78.7 cm³/mol. The number of nitrogens with one attached hydrogen (secondary N) is 1. The van der Waals surface area contributed by atoms with Gasteiger partial charge in [-0.25, -0.2) is 10.8 Å². The largest absolute Gasteiger partial charge is 0.308 e. The Bertz CT molecular complexity index is 527. The van der Waals surface area contributed by atoms with Crippen LogP contribution in [0.4, 0.5) is 5.82 Å². The first-order chi connectivity index (χ1) is 9.19. The molecule has 0 amide bonds. The highest BCUT2D eigenvalue weighted by atomic mass is 35.5. The van der Waals surface area contributed by atoms with Crippen LogP contribution in [0.2, 0.25) is 5.02 Å². The lowest BCUT2D eigenvalue weighted by Gasteiger charge is -2.17. The van der Waals surface area contributed by atoms with Crippen LogP contribution in [0.15, 0.2) is 42.6 Å². The summed E-state index contributed by atoms with van der Waals surface area (Å²) in [5, 5.41) is 0.801. The van der Waals surface area contributed by atoms with Gasteiger partial charge in [0.15, 0.2) is 0 Å². The molecule has 0 fully saturated rings. The van der Waals surface area contributed by atoms with Gasteiger partial charge in [0.2, 0.25) is 0 Å². The van der Waals surface area contributed by atoms with E-state index < -0.39 is 0 Å². The number of rotatable bonds is 5. The third-order valence-electron chi connectivity index (χ3n) is 2.82. The SMILES string of the molecule is CN(Cc1ccc(NN)nc1)Cc1ccccc1Cl. The first kappa shape index (κ1) is 13.8. The van der Waals surface area contributed by atoms with Gasteiger partial charge >= 0.3 is 0 Å². The maximum atomic E-state index is 6.15. The molecule has 0 unspecified atom stereocenters. The van der Waals surface area contributed by atoms with Gasteiger partial charge in [-0.1, -0.05) is 35.9 Å². The van der Waals surface area contributed by atoms with Crippen LogP contribution in [-0.4, -0.2) is 16.9 Å². The Morgan fingerprint density at radius 2 is 2.00 bits per heavy atom. The fourth-order valence-corrected chi connectivity index (χ4v) is 2.08. The van der Waals surface area contributed by atoms with Gasteiger partial charge in [-0.15, -0.1) is 0 Å². The Labute approximate surface area is 118 Å². The lowest BCUT2D eigenvalue weighted by molar-refractivity contribution is 0.319. The van der Waals surface area contributed by atoms with Gasteiger partial charge in [-0.2, -0.15) is 0 Å². The quantitative estimate of drug-likeness (QED) is 0.651. The number of nitrogens with two attached hydrogens (primary N) is 1. The summed E-state index contributed by atoms with van der Waals surface area (Å²) < 4.78 is 0. The second-order valence-corrected chi connectivity index (χ2v) is 4.87. The van der Waals surface area contributed by atoms with Crippen LogP contribution in [0.1, 0.15) is 11.1 Å². The first-order valence-corrected chi connectivity index (χ1v) is 6.40. The number of halogens is 1. The van der Waals surface area contributed by atoms with Crippen molar-refractivity contribution >= 4 is 17.4 Å². The number of nitrogens with zero attached hydrogens (tertiary/aromatic N) is 2. The van der Waals surface area contributed by atoms with Gasteiger partial charge in [0.1, 0.15) is 5.82 Å². The van der Waals surface area contributed by atoms with E-state index in [1.54, 1.807) is 0 Å². The van der Waals surface area contributed by atoms with E-state index in [0.717, 1.165) is 29.2 Å². The molecule has 1 heterocycles. The summed E-state index contributed by atoms with van der Waals surface area (Å²) in [6.07, 6.45) is 1.82. The predicted octanol–water partition coefficient (Wildman–Crippen LogP) is 2.65. The molecule has 0 saturated carbocycles. The van der Waals surface area contributed by atoms with Crippen LogP contribution in [-0.2, 0) is 13.1 Å². The Morgan fingerprint density at radius 3 is 2.63 bits per heavy atom. The molecule has 19 heavy (non-hydrogen) atoms. The maximum absolute atomic E-state index is 6.15. The average molecular weight is 277 g/mol. The van der Waals surface area contributed by atoms with Crippen molar-refractivity contribution < 1.29 is 0 Å². The smallest absolute Gasteiger partial charge is 0.139 e. The molecular formula is C14H17ClN4. The molecule has 0 aliphatic heterocycles. The van der Waals surface area contributed by atoms with Crippen molar-refractivity contribution in [2.24, 2.45) is 5.84 Å². The summed E-state index contributed by atoms with van der Waals surface area (Å²) in [6, 6.07) is 11.8. The molecule has 100 valence electrons. The highest BCUT2D eigenvalue weighted by molar-refractivity contribution is 6.31. The van der Waals surface area contributed by atoms with Gasteiger partial charge in [-0.05, 0) is 30.3 Å². The second kappa shape index (κ2) is 6.52. The van der Waals surface area contributed by atoms with Gasteiger partial charge in [0.25, 0.3) is 0 Å². The Balaban J connectivity index is 1.97. The molecule has 0 aliphatic rings. The third kappa shape index (κ3) is 3.92. The minimum Gasteiger partial charge on any atom is -0.308 e. The number of hydrogen-bond acceptors (Lipinski definition) is 4. The van der Waals surface area contributed by atoms with Crippen LogP contribution in [0.3, 0.4) is 0 Å². The summed E-state index contributed by atoms with van der Waals surface area (Å²) in [4.78, 5) is 6.37. The molecule has 2 rings (SSSR count). The number of aromatic nitrogens is 1. The fourth-order valence-electron chi connectivity index (χ4n) is 1.89. The summed E-state index contributed by atoms with van der Waals surface area (Å²) in [5.41, 5.74) is 4.77. The van der Waals surface area contributed by atoms with E-state index in [-0.39, 0.29) is 0 Å². The normalized spacial score (nSPS) is 10.7. The van der Waals surface area contributed by atoms with Gasteiger partial charge < -0.3 is 5.43 Å². The van der Waals surface area contributed by atoms with E-state index in [1.807, 2.05) is 42.6 Å². The number of hydrogen-bond donors (Lipinski definition) is 2. The van der Waals surface area contributed by atoms with Crippen molar-refractivity contribution in [3.63, 3.8) is 0 Å². The minimum absolute atomic E-state index is 0.664. The van der Waals surface area contributed by atoms with Crippen molar-refractivity contribution in [1.82, 2.24) is 9.88 Å². The molecule has 3 N–H and O–H groups in total. The summed E-state index contributed by atoms with van der Waals surface area (Å²) in [7, 11) is 2.05. The number of benzene rings is 1. The van der Waals surface area contributed by atoms with E-state index >= 15 is 0 Å². The Kier molecular flexibility index (Phi) is 4.74. The summed E-state index contributed by atoms with van der Waals surface area (Å²) in [5.74, 6) is 5.95. The van der Waals surface area contributed by atoms with Gasteiger partial charge in [0, 0.05) is 24.3 Å². The maximum Gasteiger partial charge on any atom is 0.139 e. The van der Waals surface area contributed by atoms with Gasteiger partial charge in [0.05, 0.1) is 0 Å². The van der Waals surface area contributed by atoms with E-state index in [2.05, 4.69) is 22.4 Å². The molecule has 0 spiro atoms. The number of anilines is 1. The highest BCUT2D eigenvalue weighted by Gasteiger charge is 2.05. The standard InChI is InChI=1S/C14H17ClN4/c1-19(10-12-4-2-3-5-13(12)15)9-11-6-7-14(18-16)17-8-11/h2-8H,9-10,16H2,1H3,(H,17,18). The van der Waals surface area contributed by atoms with Gasteiger partial charge in [-0.3, -0.25) is 4.90 Å². The van der Waals surface area contributed by atoms with E-state index in [4.69, 9.17) is 17.4 Å². The molecule has 2 aromatic rings. The average Bonchev–Trinajstić information content (AvgIpc) is 2.42. The van der Waals surface area contributed by atoms with Crippen LogP contribution >= 0.6 is 11.6 Å². The van der Waals surface area contributed by atoms with Crippen LogP contribution in [0.25, 0.3) is 0 Å². The van der Waals surface area contributed by atoms with Crippen molar-refractivity contribution in [2.45, 2.75) is 13.1 Å². The van der Waals surface area contributed by atoms with Crippen molar-refractivity contribution in [3.8, 4) is 0 Å². The Morgan fingerprint density at radius 1 is 1.21 bits per heavy atom. The molecule has 0 saturated heterocycles. The first-order valence-electron chi connectivity index (χ1n) is 6.02. The third-order valence-corrected chi connectivity index (χ3v) is 3.19. The molecule has 0 aliphatic carbocycles. The molecule has 4 nitrogen and oxygen atoms in total. The van der Waals surface area contributed by atoms with Crippen LogP contribution in [0.5, 0.6) is 0 Å². The lowest BCUT2D eigenvalue weighted by atomic mass is 10.2. The number of nitrogen functional groups attached to an aromatic ring is 1. The van der Waals surface area contributed by atoms with Crippen molar-refractivity contribution in [2.75, 3.05) is 12.5 Å². The fraction of sp³-hybridized carbons (Fsp3) is 0.214. The Hall–Kier alpha value is -1.62. The summed E-state index contributed by atoms with van der Waals surface area (Å²) in [6.45, 7) is 1.61. The number of hydrazine groups is 1. The second-order valence-electron chi connectivity index (χ2n) is 4.46. The molecule has 0 radical (unpaired) electrons. The lowest BCUT2D eigenvalue weighted by Crippen LogP contribution is -2.17. The zero-order chi connectivity index (χ0) is 13.7. The van der Waals surface area contributed by atoms with Crippen molar-refractivity contribution in [3.05, 3.63) is 58.7 Å². The van der Waals surface area contributed by atoms with E-state index in [1.165, 1.54) is 0 Å². The molecule has 1 aromatic heterocycles. The number of pyridine rings is 1. The zero-order valence-corrected chi connectivity index (χ0v) is 11.6. The molecule has 0 bridgehead atoms. The van der Waals surface area contributed by atoms with Crippen LogP contribution < -0.4 is 11.3 Å². The van der Waals surface area contributed by atoms with E-state index in [0.29, 0.717) is 5.82 Å². The molecule has 5 heteroatoms. The minimum atomic E-state index is 0.664.